The van der Waals surface area contributed by atoms with Crippen LogP contribution in [0.4, 0.5) is 8.78 Å². The minimum Gasteiger partial charge on any atom is -0.469 e. The van der Waals surface area contributed by atoms with E-state index in [-0.39, 0.29) is 29.7 Å². The molecule has 2 saturated heterocycles. The van der Waals surface area contributed by atoms with Crippen LogP contribution < -0.4 is 0 Å². The Morgan fingerprint density at radius 1 is 1.00 bits per heavy atom. The maximum absolute atomic E-state index is 13.5. The van der Waals surface area contributed by atoms with Gasteiger partial charge in [0.1, 0.15) is 17.7 Å². The molecule has 0 amide bonds. The summed E-state index contributed by atoms with van der Waals surface area (Å²) in [5.74, 6) is -1.34. The van der Waals surface area contributed by atoms with Crippen LogP contribution in [0.3, 0.4) is 0 Å². The van der Waals surface area contributed by atoms with Gasteiger partial charge < -0.3 is 9.47 Å². The Morgan fingerprint density at radius 2 is 1.55 bits per heavy atom. The summed E-state index contributed by atoms with van der Waals surface area (Å²) in [5.41, 5.74) is 1.51. The molecule has 4 atom stereocenters. The zero-order chi connectivity index (χ0) is 20.5. The summed E-state index contributed by atoms with van der Waals surface area (Å²) in [6, 6.07) is 12.6. The van der Waals surface area contributed by atoms with E-state index in [1.165, 1.54) is 31.4 Å². The minimum absolute atomic E-state index is 0.0771. The summed E-state index contributed by atoms with van der Waals surface area (Å²) in [5, 5.41) is 0. The average Bonchev–Trinajstić information content (AvgIpc) is 2.96. The van der Waals surface area contributed by atoms with Crippen LogP contribution in [0.25, 0.3) is 0 Å². The SMILES string of the molecule is COC(=O)[C@H]1[C@H]2CC[C@@H](C[C@H]1OC(c1ccc(F)cc1)c1ccc(F)cc1)N2C. The van der Waals surface area contributed by atoms with Crippen molar-refractivity contribution in [2.45, 2.75) is 43.6 Å². The van der Waals surface area contributed by atoms with Gasteiger partial charge in [-0.2, -0.15) is 0 Å². The molecule has 154 valence electrons. The number of ether oxygens (including phenoxy) is 2. The van der Waals surface area contributed by atoms with E-state index in [1.54, 1.807) is 24.3 Å². The Morgan fingerprint density at radius 3 is 2.07 bits per heavy atom. The normalized spacial score (nSPS) is 26.7. The number of carbonyl (C=O) groups excluding carboxylic acids is 1. The molecule has 2 aromatic rings. The molecule has 0 saturated carbocycles. The van der Waals surface area contributed by atoms with Crippen LogP contribution >= 0.6 is 0 Å². The lowest BCUT2D eigenvalue weighted by Crippen LogP contribution is -2.53. The summed E-state index contributed by atoms with van der Waals surface area (Å²) in [6.45, 7) is 0. The highest BCUT2D eigenvalue weighted by Crippen LogP contribution is 2.42. The van der Waals surface area contributed by atoms with Gasteiger partial charge in [0.25, 0.3) is 0 Å². The summed E-state index contributed by atoms with van der Waals surface area (Å²) >= 11 is 0. The molecule has 0 spiro atoms. The van der Waals surface area contributed by atoms with Crippen LogP contribution in [-0.2, 0) is 14.3 Å². The molecule has 0 radical (unpaired) electrons. The van der Waals surface area contributed by atoms with Gasteiger partial charge >= 0.3 is 5.97 Å². The van der Waals surface area contributed by atoms with Gasteiger partial charge in [-0.05, 0) is 61.7 Å². The van der Waals surface area contributed by atoms with E-state index < -0.39 is 12.0 Å². The molecule has 2 aliphatic heterocycles. The largest absolute Gasteiger partial charge is 0.469 e. The fourth-order valence-corrected chi connectivity index (χ4v) is 4.81. The molecule has 2 aliphatic rings. The third kappa shape index (κ3) is 3.91. The van der Waals surface area contributed by atoms with E-state index in [0.29, 0.717) is 12.5 Å². The second kappa shape index (κ2) is 8.20. The molecule has 4 nitrogen and oxygen atoms in total. The first kappa shape index (κ1) is 20.0. The Kier molecular flexibility index (Phi) is 5.65. The van der Waals surface area contributed by atoms with Crippen molar-refractivity contribution < 1.29 is 23.0 Å². The summed E-state index contributed by atoms with van der Waals surface area (Å²) in [6.07, 6.45) is 1.80. The Balaban J connectivity index is 1.68. The first-order chi connectivity index (χ1) is 14.0. The molecular weight excluding hydrogens is 376 g/mol. The van der Waals surface area contributed by atoms with Gasteiger partial charge in [0.05, 0.1) is 19.1 Å². The molecular formula is C23H25F2NO3. The quantitative estimate of drug-likeness (QED) is 0.708. The fourth-order valence-electron chi connectivity index (χ4n) is 4.81. The number of benzene rings is 2. The summed E-state index contributed by atoms with van der Waals surface area (Å²) in [4.78, 5) is 14.9. The van der Waals surface area contributed by atoms with Gasteiger partial charge in [-0.15, -0.1) is 0 Å². The van der Waals surface area contributed by atoms with Crippen LogP contribution in [-0.4, -0.2) is 43.2 Å². The predicted molar refractivity (Wildman–Crippen MR) is 104 cm³/mol. The highest BCUT2D eigenvalue weighted by atomic mass is 19.1. The molecule has 6 heteroatoms. The highest BCUT2D eigenvalue weighted by Gasteiger charge is 2.50. The average molecular weight is 401 g/mol. The number of halogens is 2. The van der Waals surface area contributed by atoms with Crippen LogP contribution in [0.5, 0.6) is 0 Å². The molecule has 2 heterocycles. The third-order valence-electron chi connectivity index (χ3n) is 6.34. The van der Waals surface area contributed by atoms with Crippen LogP contribution in [0.2, 0.25) is 0 Å². The van der Waals surface area contributed by atoms with Crippen molar-refractivity contribution in [3.63, 3.8) is 0 Å². The fraction of sp³-hybridized carbons (Fsp3) is 0.435. The van der Waals surface area contributed by atoms with Crippen LogP contribution in [0.15, 0.2) is 48.5 Å². The standard InChI is InChI=1S/C23H25F2NO3/c1-26-18-11-12-19(26)21(23(27)28-2)20(13-18)29-22(14-3-7-16(24)8-4-14)15-5-9-17(25)10-6-15/h3-10,18-22H,11-13H2,1-2H3/t18-,19+,20+,21-/m0/s1. The lowest BCUT2D eigenvalue weighted by Gasteiger charge is -2.42. The van der Waals surface area contributed by atoms with E-state index in [1.807, 2.05) is 7.05 Å². The molecule has 0 N–H and O–H groups in total. The molecule has 2 bridgehead atoms. The van der Waals surface area contributed by atoms with Gasteiger partial charge in [-0.1, -0.05) is 24.3 Å². The third-order valence-corrected chi connectivity index (χ3v) is 6.34. The Bertz CT molecular complexity index is 810. The maximum Gasteiger partial charge on any atom is 0.312 e. The van der Waals surface area contributed by atoms with Crippen molar-refractivity contribution >= 4 is 5.97 Å². The molecule has 2 fully saturated rings. The van der Waals surface area contributed by atoms with E-state index in [4.69, 9.17) is 9.47 Å². The smallest absolute Gasteiger partial charge is 0.312 e. The van der Waals surface area contributed by atoms with Crippen molar-refractivity contribution in [2.24, 2.45) is 5.92 Å². The minimum atomic E-state index is -0.531. The van der Waals surface area contributed by atoms with Gasteiger partial charge in [0.2, 0.25) is 0 Å². The molecule has 4 rings (SSSR count). The number of esters is 1. The number of fused-ring (bicyclic) bond motifs is 2. The monoisotopic (exact) mass is 401 g/mol. The van der Waals surface area contributed by atoms with Crippen LogP contribution in [0.1, 0.15) is 36.5 Å². The highest BCUT2D eigenvalue weighted by molar-refractivity contribution is 5.74. The number of hydrogen-bond acceptors (Lipinski definition) is 4. The molecule has 0 aromatic heterocycles. The van der Waals surface area contributed by atoms with Crippen molar-refractivity contribution in [3.05, 3.63) is 71.3 Å². The first-order valence-corrected chi connectivity index (χ1v) is 9.94. The second-order valence-corrected chi connectivity index (χ2v) is 7.91. The lowest BCUT2D eigenvalue weighted by atomic mass is 9.87. The summed E-state index contributed by atoms with van der Waals surface area (Å²) < 4.78 is 38.6. The lowest BCUT2D eigenvalue weighted by molar-refractivity contribution is -0.162. The van der Waals surface area contributed by atoms with Crippen molar-refractivity contribution in [2.75, 3.05) is 14.2 Å². The summed E-state index contributed by atoms with van der Waals surface area (Å²) in [7, 11) is 3.45. The second-order valence-electron chi connectivity index (χ2n) is 7.91. The number of methoxy groups -OCH3 is 1. The van der Waals surface area contributed by atoms with Gasteiger partial charge in [0.15, 0.2) is 0 Å². The molecule has 2 aromatic carbocycles. The Hall–Kier alpha value is -2.31. The number of rotatable bonds is 5. The maximum atomic E-state index is 13.5. The predicted octanol–water partition coefficient (Wildman–Crippen LogP) is 4.10. The van der Waals surface area contributed by atoms with Crippen molar-refractivity contribution in [3.8, 4) is 0 Å². The topological polar surface area (TPSA) is 38.8 Å². The van der Waals surface area contributed by atoms with Crippen LogP contribution in [0, 0.1) is 17.6 Å². The van der Waals surface area contributed by atoms with E-state index in [9.17, 15) is 13.6 Å². The van der Waals surface area contributed by atoms with E-state index >= 15 is 0 Å². The zero-order valence-electron chi connectivity index (χ0n) is 16.6. The van der Waals surface area contributed by atoms with Gasteiger partial charge in [-0.3, -0.25) is 9.69 Å². The molecule has 0 unspecified atom stereocenters. The van der Waals surface area contributed by atoms with E-state index in [2.05, 4.69) is 4.90 Å². The zero-order valence-corrected chi connectivity index (χ0v) is 16.6. The number of nitrogens with zero attached hydrogens (tertiary/aromatic N) is 1. The Labute approximate surface area is 169 Å². The number of hydrogen-bond donors (Lipinski definition) is 0. The molecule has 29 heavy (non-hydrogen) atoms. The first-order valence-electron chi connectivity index (χ1n) is 9.94. The van der Waals surface area contributed by atoms with Crippen molar-refractivity contribution in [1.82, 2.24) is 4.90 Å². The number of piperidine rings is 1. The molecule has 0 aliphatic carbocycles. The number of carbonyl (C=O) groups is 1. The van der Waals surface area contributed by atoms with Gasteiger partial charge in [0, 0.05) is 12.1 Å². The van der Waals surface area contributed by atoms with E-state index in [0.717, 1.165) is 24.0 Å². The van der Waals surface area contributed by atoms with Crippen molar-refractivity contribution in [1.29, 1.82) is 0 Å². The van der Waals surface area contributed by atoms with Gasteiger partial charge in [-0.25, -0.2) is 8.78 Å².